The van der Waals surface area contributed by atoms with Crippen LogP contribution in [0.5, 0.6) is 5.75 Å². The van der Waals surface area contributed by atoms with Crippen molar-refractivity contribution in [1.29, 1.82) is 0 Å². The molecule has 5 rings (SSSR count). The van der Waals surface area contributed by atoms with E-state index in [1.165, 1.54) is 36.4 Å². The molecule has 2 heterocycles. The number of urea groups is 1. The first-order valence-electron chi connectivity index (χ1n) is 12.2. The maximum atomic E-state index is 13.4. The Bertz CT molecular complexity index is 1410. The third-order valence-electron chi connectivity index (χ3n) is 7.24. The van der Waals surface area contributed by atoms with Gasteiger partial charge < -0.3 is 9.64 Å². The van der Waals surface area contributed by atoms with Crippen molar-refractivity contribution in [2.24, 2.45) is 5.41 Å². The molecule has 3 aromatic rings. The number of pyridine rings is 1. The third-order valence-corrected chi connectivity index (χ3v) is 7.24. The van der Waals surface area contributed by atoms with Gasteiger partial charge in [0.25, 0.3) is 5.91 Å². The van der Waals surface area contributed by atoms with Crippen molar-refractivity contribution >= 4 is 23.5 Å². The highest BCUT2D eigenvalue weighted by atomic mass is 19.1. The lowest BCUT2D eigenvalue weighted by atomic mass is 9.63. The molecule has 0 unspecified atom stereocenters. The maximum Gasteiger partial charge on any atom is 0.324 e. The summed E-state index contributed by atoms with van der Waals surface area (Å²) in [6.45, 7) is 2.24. The molecule has 0 atom stereocenters. The van der Waals surface area contributed by atoms with Crippen molar-refractivity contribution < 1.29 is 28.3 Å². The second kappa shape index (κ2) is 9.81. The molecular formula is C29H26FN3O5. The minimum Gasteiger partial charge on any atom is -0.496 e. The Balaban J connectivity index is 1.29. The highest BCUT2D eigenvalue weighted by Gasteiger charge is 2.54. The van der Waals surface area contributed by atoms with E-state index in [0.717, 1.165) is 16.7 Å². The highest BCUT2D eigenvalue weighted by Crippen LogP contribution is 2.47. The van der Waals surface area contributed by atoms with Gasteiger partial charge in [-0.3, -0.25) is 24.7 Å². The number of benzene rings is 2. The van der Waals surface area contributed by atoms with Crippen molar-refractivity contribution in [1.82, 2.24) is 15.2 Å². The van der Waals surface area contributed by atoms with Crippen molar-refractivity contribution in [3.8, 4) is 16.9 Å². The Kier molecular flexibility index (Phi) is 6.52. The number of carbonyl (C=O) groups is 4. The van der Waals surface area contributed by atoms with Crippen LogP contribution in [0.25, 0.3) is 11.1 Å². The van der Waals surface area contributed by atoms with E-state index in [-0.39, 0.29) is 49.0 Å². The summed E-state index contributed by atoms with van der Waals surface area (Å²) in [6, 6.07) is 13.9. The van der Waals surface area contributed by atoms with Gasteiger partial charge in [0.05, 0.1) is 7.11 Å². The highest BCUT2D eigenvalue weighted by molar-refractivity contribution is 6.11. The number of Topliss-reactive ketones (excluding diaryl/α,β-unsaturated/α-hetero) is 2. The largest absolute Gasteiger partial charge is 0.496 e. The maximum absolute atomic E-state index is 13.4. The molecule has 3 amide bonds. The first kappa shape index (κ1) is 25.3. The molecule has 2 aliphatic rings. The first-order chi connectivity index (χ1) is 18.2. The number of methoxy groups -OCH3 is 1. The van der Waals surface area contributed by atoms with Crippen LogP contribution in [-0.4, -0.2) is 53.6 Å². The van der Waals surface area contributed by atoms with Crippen LogP contribution in [0.1, 0.15) is 40.4 Å². The van der Waals surface area contributed by atoms with Crippen LogP contribution < -0.4 is 10.1 Å². The number of halogens is 1. The van der Waals surface area contributed by atoms with Crippen LogP contribution in [0.15, 0.2) is 60.8 Å². The van der Waals surface area contributed by atoms with Crippen molar-refractivity contribution in [3.05, 3.63) is 83.4 Å². The SMILES string of the molecule is COc1cc(-c2ccc(F)cc2)cc(C)c1C1C(=O)CC2(CC1=O)CN(C(=O)NC(=O)c1ccccn1)C2. The van der Waals surface area contributed by atoms with Gasteiger partial charge in [0.15, 0.2) is 0 Å². The molecule has 8 nitrogen and oxygen atoms in total. The van der Waals surface area contributed by atoms with Crippen LogP contribution in [0.4, 0.5) is 9.18 Å². The minimum absolute atomic E-state index is 0.122. The summed E-state index contributed by atoms with van der Waals surface area (Å²) in [7, 11) is 1.49. The summed E-state index contributed by atoms with van der Waals surface area (Å²) in [4.78, 5) is 56.9. The third kappa shape index (κ3) is 4.67. The van der Waals surface area contributed by atoms with E-state index in [1.54, 1.807) is 30.3 Å². The van der Waals surface area contributed by atoms with Crippen LogP contribution >= 0.6 is 0 Å². The zero-order valence-corrected chi connectivity index (χ0v) is 21.0. The zero-order chi connectivity index (χ0) is 27.0. The molecule has 1 aliphatic carbocycles. The van der Waals surface area contributed by atoms with Crippen molar-refractivity contribution in [3.63, 3.8) is 0 Å². The lowest BCUT2D eigenvalue weighted by Gasteiger charge is -2.52. The summed E-state index contributed by atoms with van der Waals surface area (Å²) in [5, 5.41) is 2.30. The molecule has 0 bridgehead atoms. The van der Waals surface area contributed by atoms with Crippen LogP contribution in [-0.2, 0) is 9.59 Å². The molecular weight excluding hydrogens is 489 g/mol. The number of likely N-dealkylation sites (tertiary alicyclic amines) is 1. The van der Waals surface area contributed by atoms with Crippen LogP contribution in [0, 0.1) is 18.2 Å². The molecule has 2 fully saturated rings. The molecule has 1 N–H and O–H groups in total. The van der Waals surface area contributed by atoms with Gasteiger partial charge in [0, 0.05) is 43.1 Å². The van der Waals surface area contributed by atoms with E-state index >= 15 is 0 Å². The van der Waals surface area contributed by atoms with Gasteiger partial charge in [-0.1, -0.05) is 24.3 Å². The number of amides is 3. The average Bonchev–Trinajstić information content (AvgIpc) is 2.88. The van der Waals surface area contributed by atoms with E-state index < -0.39 is 23.3 Å². The van der Waals surface area contributed by atoms with E-state index in [4.69, 9.17) is 4.74 Å². The molecule has 2 aromatic carbocycles. The number of ketones is 2. The van der Waals surface area contributed by atoms with Crippen LogP contribution in [0.2, 0.25) is 0 Å². The number of imide groups is 1. The lowest BCUT2D eigenvalue weighted by molar-refractivity contribution is -0.141. The lowest BCUT2D eigenvalue weighted by Crippen LogP contribution is -2.64. The topological polar surface area (TPSA) is 106 Å². The number of rotatable bonds is 4. The molecule has 194 valence electrons. The molecule has 0 radical (unpaired) electrons. The van der Waals surface area contributed by atoms with Gasteiger partial charge in [-0.2, -0.15) is 0 Å². The number of ether oxygens (including phenoxy) is 1. The normalized spacial score (nSPS) is 16.8. The second-order valence-electron chi connectivity index (χ2n) is 9.97. The van der Waals surface area contributed by atoms with Crippen molar-refractivity contribution in [2.75, 3.05) is 20.2 Å². The number of hydrogen-bond acceptors (Lipinski definition) is 6. The summed E-state index contributed by atoms with van der Waals surface area (Å²) in [5.41, 5.74) is 2.33. The predicted octanol–water partition coefficient (Wildman–Crippen LogP) is 4.07. The average molecular weight is 516 g/mol. The summed E-state index contributed by atoms with van der Waals surface area (Å²) >= 11 is 0. The fourth-order valence-corrected chi connectivity index (χ4v) is 5.49. The number of aromatic nitrogens is 1. The smallest absolute Gasteiger partial charge is 0.324 e. The Morgan fingerprint density at radius 2 is 1.71 bits per heavy atom. The molecule has 1 spiro atoms. The van der Waals surface area contributed by atoms with Gasteiger partial charge >= 0.3 is 6.03 Å². The fourth-order valence-electron chi connectivity index (χ4n) is 5.49. The Morgan fingerprint density at radius 1 is 1.03 bits per heavy atom. The molecule has 1 saturated heterocycles. The predicted molar refractivity (Wildman–Crippen MR) is 136 cm³/mol. The molecule has 1 aromatic heterocycles. The van der Waals surface area contributed by atoms with Crippen molar-refractivity contribution in [2.45, 2.75) is 25.7 Å². The van der Waals surface area contributed by atoms with Gasteiger partial charge in [-0.25, -0.2) is 9.18 Å². The summed E-state index contributed by atoms with van der Waals surface area (Å²) < 4.78 is 19.0. The van der Waals surface area contributed by atoms with Gasteiger partial charge in [0.2, 0.25) is 0 Å². The monoisotopic (exact) mass is 515 g/mol. The van der Waals surface area contributed by atoms with Gasteiger partial charge in [-0.15, -0.1) is 0 Å². The number of aryl methyl sites for hydroxylation is 1. The standard InChI is InChI=1S/C29H26FN3O5/c1-17-11-19(18-6-8-20(30)9-7-18)12-24(38-2)25(17)26-22(34)13-29(14-23(26)35)15-33(16-29)28(37)32-27(36)21-5-3-4-10-31-21/h3-12,26H,13-16H2,1-2H3,(H,32,36,37). The first-order valence-corrected chi connectivity index (χ1v) is 12.2. The second-order valence-corrected chi connectivity index (χ2v) is 9.97. The summed E-state index contributed by atoms with van der Waals surface area (Å²) in [6.07, 6.45) is 1.74. The quantitative estimate of drug-likeness (QED) is 0.525. The molecule has 1 saturated carbocycles. The molecule has 1 aliphatic heterocycles. The Labute approximate surface area is 218 Å². The molecule has 38 heavy (non-hydrogen) atoms. The number of nitrogens with one attached hydrogen (secondary N) is 1. The van der Waals surface area contributed by atoms with E-state index in [1.807, 2.05) is 13.0 Å². The van der Waals surface area contributed by atoms with E-state index in [2.05, 4.69) is 10.3 Å². The minimum atomic E-state index is -0.952. The van der Waals surface area contributed by atoms with Gasteiger partial charge in [-0.05, 0) is 53.9 Å². The number of nitrogens with zero attached hydrogens (tertiary/aromatic N) is 2. The van der Waals surface area contributed by atoms with E-state index in [0.29, 0.717) is 11.3 Å². The van der Waals surface area contributed by atoms with Crippen LogP contribution in [0.3, 0.4) is 0 Å². The number of carbonyl (C=O) groups excluding carboxylic acids is 4. The summed E-state index contributed by atoms with van der Waals surface area (Å²) in [5.74, 6) is -1.92. The van der Waals surface area contributed by atoms with Gasteiger partial charge in [0.1, 0.15) is 34.7 Å². The fraction of sp³-hybridized carbons (Fsp3) is 0.276. The van der Waals surface area contributed by atoms with E-state index in [9.17, 15) is 23.6 Å². The number of hydrogen-bond donors (Lipinski definition) is 1. The zero-order valence-electron chi connectivity index (χ0n) is 21.0. The molecule has 9 heteroatoms. The Morgan fingerprint density at radius 3 is 2.32 bits per heavy atom. The Hall–Kier alpha value is -4.40.